The summed E-state index contributed by atoms with van der Waals surface area (Å²) in [5.41, 5.74) is 3.05. The van der Waals surface area contributed by atoms with Crippen molar-refractivity contribution in [3.8, 4) is 0 Å². The predicted molar refractivity (Wildman–Crippen MR) is 115 cm³/mol. The number of anilines is 2. The van der Waals surface area contributed by atoms with Gasteiger partial charge in [0, 0.05) is 5.39 Å². The van der Waals surface area contributed by atoms with Gasteiger partial charge in [0.25, 0.3) is 5.91 Å². The molecule has 4 aromatic rings. The van der Waals surface area contributed by atoms with Gasteiger partial charge < -0.3 is 5.32 Å². The van der Waals surface area contributed by atoms with Crippen molar-refractivity contribution < 1.29 is 14.0 Å². The highest BCUT2D eigenvalue weighted by molar-refractivity contribution is 7.20. The standard InChI is InChI=1S/C22H17FN4O2S/c1-13-16-10-19(21(29)26-12-20(28)24-17-4-2-3-5-18(17)26)30-22(16)27(25-13)11-14-6-8-15(23)9-7-14/h2-10H,11-12H2,1H3,(H,24,28). The zero-order valence-electron chi connectivity index (χ0n) is 16.1. The molecule has 0 unspecified atom stereocenters. The Kier molecular flexibility index (Phi) is 4.36. The second-order valence-electron chi connectivity index (χ2n) is 7.16. The number of nitrogens with zero attached hydrogens (tertiary/aromatic N) is 3. The Balaban J connectivity index is 1.50. The van der Waals surface area contributed by atoms with Crippen LogP contribution in [0.2, 0.25) is 0 Å². The zero-order chi connectivity index (χ0) is 20.8. The maximum atomic E-state index is 13.3. The molecule has 2 aromatic heterocycles. The third-order valence-corrected chi connectivity index (χ3v) is 6.22. The van der Waals surface area contributed by atoms with Gasteiger partial charge in [-0.25, -0.2) is 4.39 Å². The molecule has 8 heteroatoms. The maximum Gasteiger partial charge on any atom is 0.268 e. The molecule has 0 radical (unpaired) electrons. The van der Waals surface area contributed by atoms with Crippen molar-refractivity contribution in [1.29, 1.82) is 0 Å². The van der Waals surface area contributed by atoms with E-state index in [-0.39, 0.29) is 24.2 Å². The van der Waals surface area contributed by atoms with Crippen LogP contribution in [0.4, 0.5) is 15.8 Å². The summed E-state index contributed by atoms with van der Waals surface area (Å²) in [5.74, 6) is -0.719. The molecule has 1 aliphatic heterocycles. The normalized spacial score (nSPS) is 13.4. The second kappa shape index (κ2) is 7.07. The topological polar surface area (TPSA) is 67.2 Å². The van der Waals surface area contributed by atoms with E-state index in [0.717, 1.165) is 21.5 Å². The number of carbonyl (C=O) groups excluding carboxylic acids is 2. The van der Waals surface area contributed by atoms with Gasteiger partial charge in [0.05, 0.1) is 28.5 Å². The van der Waals surface area contributed by atoms with Gasteiger partial charge in [-0.15, -0.1) is 11.3 Å². The summed E-state index contributed by atoms with van der Waals surface area (Å²) in [6, 6.07) is 15.4. The molecule has 2 amide bonds. The molecule has 0 bridgehead atoms. The molecule has 3 heterocycles. The monoisotopic (exact) mass is 420 g/mol. The molecule has 30 heavy (non-hydrogen) atoms. The number of amides is 2. The molecule has 0 spiro atoms. The van der Waals surface area contributed by atoms with Crippen molar-refractivity contribution in [2.45, 2.75) is 13.5 Å². The predicted octanol–water partition coefficient (Wildman–Crippen LogP) is 4.19. The quantitative estimate of drug-likeness (QED) is 0.540. The summed E-state index contributed by atoms with van der Waals surface area (Å²) in [5, 5.41) is 8.27. The lowest BCUT2D eigenvalue weighted by Crippen LogP contribution is -2.41. The molecule has 0 atom stereocenters. The van der Waals surface area contributed by atoms with E-state index in [2.05, 4.69) is 10.4 Å². The number of fused-ring (bicyclic) bond motifs is 2. The van der Waals surface area contributed by atoms with Crippen LogP contribution < -0.4 is 10.2 Å². The molecule has 0 saturated carbocycles. The number of carbonyl (C=O) groups is 2. The fourth-order valence-corrected chi connectivity index (χ4v) is 4.75. The number of nitrogens with one attached hydrogen (secondary N) is 1. The first-order valence-electron chi connectivity index (χ1n) is 9.42. The summed E-state index contributed by atoms with van der Waals surface area (Å²) in [7, 11) is 0. The van der Waals surface area contributed by atoms with Crippen molar-refractivity contribution in [2.75, 3.05) is 16.8 Å². The third kappa shape index (κ3) is 3.15. The van der Waals surface area contributed by atoms with Crippen molar-refractivity contribution >= 4 is 44.7 Å². The number of hydrogen-bond donors (Lipinski definition) is 1. The number of hydrogen-bond acceptors (Lipinski definition) is 4. The Labute approximate surface area is 175 Å². The summed E-state index contributed by atoms with van der Waals surface area (Å²) in [4.78, 5) is 28.3. The maximum absolute atomic E-state index is 13.3. The van der Waals surface area contributed by atoms with E-state index < -0.39 is 0 Å². The summed E-state index contributed by atoms with van der Waals surface area (Å²) in [6.45, 7) is 2.35. The fourth-order valence-electron chi connectivity index (χ4n) is 3.64. The van der Waals surface area contributed by atoms with Crippen molar-refractivity contribution in [1.82, 2.24) is 9.78 Å². The zero-order valence-corrected chi connectivity index (χ0v) is 16.9. The number of thiophene rings is 1. The van der Waals surface area contributed by atoms with Gasteiger partial charge in [-0.3, -0.25) is 19.2 Å². The second-order valence-corrected chi connectivity index (χ2v) is 8.19. The summed E-state index contributed by atoms with van der Waals surface area (Å²) < 4.78 is 15.0. The molecule has 1 aliphatic rings. The highest BCUT2D eigenvalue weighted by atomic mass is 32.1. The van der Waals surface area contributed by atoms with E-state index in [0.29, 0.717) is 22.8 Å². The van der Waals surface area contributed by atoms with E-state index >= 15 is 0 Å². The number of halogens is 1. The highest BCUT2D eigenvalue weighted by Crippen LogP contribution is 2.34. The van der Waals surface area contributed by atoms with E-state index in [1.54, 1.807) is 18.2 Å². The summed E-state index contributed by atoms with van der Waals surface area (Å²) in [6.07, 6.45) is 0. The summed E-state index contributed by atoms with van der Waals surface area (Å²) >= 11 is 1.35. The molecular weight excluding hydrogens is 403 g/mol. The van der Waals surface area contributed by atoms with Gasteiger partial charge >= 0.3 is 0 Å². The third-order valence-electron chi connectivity index (χ3n) is 5.08. The van der Waals surface area contributed by atoms with Crippen LogP contribution in [0.5, 0.6) is 0 Å². The molecule has 0 aliphatic carbocycles. The van der Waals surface area contributed by atoms with Gasteiger partial charge in [0.2, 0.25) is 5.91 Å². The van der Waals surface area contributed by atoms with Crippen molar-refractivity contribution in [2.24, 2.45) is 0 Å². The molecular formula is C22H17FN4O2S. The van der Waals surface area contributed by atoms with E-state index in [1.807, 2.05) is 35.9 Å². The minimum atomic E-state index is -0.282. The SMILES string of the molecule is Cc1nn(Cc2ccc(F)cc2)c2sc(C(=O)N3CC(=O)Nc4ccccc43)cc12. The lowest BCUT2D eigenvalue weighted by Gasteiger charge is -2.28. The van der Waals surface area contributed by atoms with E-state index in [9.17, 15) is 14.0 Å². The minimum Gasteiger partial charge on any atom is -0.323 e. The van der Waals surface area contributed by atoms with Crippen LogP contribution in [-0.4, -0.2) is 28.1 Å². The number of aryl methyl sites for hydroxylation is 1. The number of aromatic nitrogens is 2. The molecule has 1 N–H and O–H groups in total. The van der Waals surface area contributed by atoms with Gasteiger partial charge in [0.15, 0.2) is 0 Å². The van der Waals surface area contributed by atoms with Crippen molar-refractivity contribution in [3.05, 3.63) is 76.5 Å². The first-order valence-corrected chi connectivity index (χ1v) is 10.2. The van der Waals surface area contributed by atoms with Crippen LogP contribution in [-0.2, 0) is 11.3 Å². The van der Waals surface area contributed by atoms with Gasteiger partial charge in [0.1, 0.15) is 17.2 Å². The lowest BCUT2D eigenvalue weighted by atomic mass is 10.2. The van der Waals surface area contributed by atoms with E-state index in [1.165, 1.54) is 28.4 Å². The number of rotatable bonds is 3. The average molecular weight is 420 g/mol. The number of benzene rings is 2. The molecule has 5 rings (SSSR count). The average Bonchev–Trinajstić information content (AvgIpc) is 3.30. The van der Waals surface area contributed by atoms with Crippen LogP contribution in [0.25, 0.3) is 10.2 Å². The number of para-hydroxylation sites is 2. The van der Waals surface area contributed by atoms with Crippen LogP contribution in [0.3, 0.4) is 0 Å². The Bertz CT molecular complexity index is 1290. The molecule has 6 nitrogen and oxygen atoms in total. The molecule has 0 saturated heterocycles. The van der Waals surface area contributed by atoms with Gasteiger partial charge in [-0.05, 0) is 42.8 Å². The smallest absolute Gasteiger partial charge is 0.268 e. The van der Waals surface area contributed by atoms with Gasteiger partial charge in [-0.1, -0.05) is 24.3 Å². The molecule has 2 aromatic carbocycles. The van der Waals surface area contributed by atoms with Crippen LogP contribution in [0.1, 0.15) is 20.9 Å². The first kappa shape index (κ1) is 18.5. The van der Waals surface area contributed by atoms with Crippen LogP contribution in [0.15, 0.2) is 54.6 Å². The van der Waals surface area contributed by atoms with Crippen molar-refractivity contribution in [3.63, 3.8) is 0 Å². The highest BCUT2D eigenvalue weighted by Gasteiger charge is 2.29. The Morgan fingerprint density at radius 2 is 1.97 bits per heavy atom. The minimum absolute atomic E-state index is 0.0230. The van der Waals surface area contributed by atoms with Crippen LogP contribution >= 0.6 is 11.3 Å². The van der Waals surface area contributed by atoms with E-state index in [4.69, 9.17) is 0 Å². The Hall–Kier alpha value is -3.52. The fraction of sp³-hybridized carbons (Fsp3) is 0.136. The first-order chi connectivity index (χ1) is 14.5. The Morgan fingerprint density at radius 3 is 2.77 bits per heavy atom. The van der Waals surface area contributed by atoms with Crippen LogP contribution in [0, 0.1) is 12.7 Å². The Morgan fingerprint density at radius 1 is 1.20 bits per heavy atom. The van der Waals surface area contributed by atoms with Gasteiger partial charge in [-0.2, -0.15) is 5.10 Å². The molecule has 150 valence electrons. The molecule has 0 fully saturated rings. The largest absolute Gasteiger partial charge is 0.323 e. The lowest BCUT2D eigenvalue weighted by molar-refractivity contribution is -0.115.